The zero-order chi connectivity index (χ0) is 20.1. The van der Waals surface area contributed by atoms with E-state index in [4.69, 9.17) is 0 Å². The standard InChI is InChI=1S/C18H14F4N4O2/c19-13-9-12-14(23-15(13)25-7-1-2-8-25)26(17(28)24-16(12)27)11-5-3-10(4-6-11)18(20,21)22/h3-6,9H,1-2,7-8H2,(H,24,27,28). The number of nitrogens with zero attached hydrogens (tertiary/aromatic N) is 3. The Balaban J connectivity index is 1.96. The molecule has 0 spiro atoms. The van der Waals surface area contributed by atoms with Crippen LogP contribution >= 0.6 is 0 Å². The number of aromatic amines is 1. The molecule has 3 aromatic rings. The molecule has 1 saturated heterocycles. The molecule has 1 aliphatic rings. The molecule has 1 fully saturated rings. The molecule has 0 saturated carbocycles. The number of fused-ring (bicyclic) bond motifs is 1. The highest BCUT2D eigenvalue weighted by Gasteiger charge is 2.30. The highest BCUT2D eigenvalue weighted by atomic mass is 19.4. The van der Waals surface area contributed by atoms with Gasteiger partial charge in [0.1, 0.15) is 0 Å². The first-order valence-electron chi connectivity index (χ1n) is 8.54. The minimum Gasteiger partial charge on any atom is -0.354 e. The van der Waals surface area contributed by atoms with Crippen LogP contribution < -0.4 is 16.1 Å². The summed E-state index contributed by atoms with van der Waals surface area (Å²) in [6, 6.07) is 4.84. The molecule has 0 aliphatic carbocycles. The smallest absolute Gasteiger partial charge is 0.354 e. The van der Waals surface area contributed by atoms with E-state index in [2.05, 4.69) is 9.97 Å². The van der Waals surface area contributed by atoms with Gasteiger partial charge in [-0.3, -0.25) is 9.78 Å². The van der Waals surface area contributed by atoms with Gasteiger partial charge in [0.2, 0.25) is 0 Å². The maximum atomic E-state index is 14.5. The summed E-state index contributed by atoms with van der Waals surface area (Å²) in [4.78, 5) is 32.5. The molecule has 1 N–H and O–H groups in total. The van der Waals surface area contributed by atoms with Crippen LogP contribution in [0.15, 0.2) is 39.9 Å². The third-order valence-electron chi connectivity index (χ3n) is 4.68. The molecular weight excluding hydrogens is 380 g/mol. The van der Waals surface area contributed by atoms with E-state index < -0.39 is 28.8 Å². The van der Waals surface area contributed by atoms with Crippen LogP contribution in [0.5, 0.6) is 0 Å². The van der Waals surface area contributed by atoms with Crippen molar-refractivity contribution in [3.8, 4) is 5.69 Å². The first-order valence-corrected chi connectivity index (χ1v) is 8.54. The number of H-pyrrole nitrogens is 1. The van der Waals surface area contributed by atoms with Crippen molar-refractivity contribution in [2.24, 2.45) is 0 Å². The van der Waals surface area contributed by atoms with Crippen molar-refractivity contribution in [2.45, 2.75) is 19.0 Å². The molecule has 3 heterocycles. The molecule has 28 heavy (non-hydrogen) atoms. The van der Waals surface area contributed by atoms with Gasteiger partial charge < -0.3 is 4.90 Å². The Kier molecular flexibility index (Phi) is 4.20. The van der Waals surface area contributed by atoms with Crippen molar-refractivity contribution in [2.75, 3.05) is 18.0 Å². The first kappa shape index (κ1) is 18.2. The van der Waals surface area contributed by atoms with Crippen molar-refractivity contribution >= 4 is 16.9 Å². The van der Waals surface area contributed by atoms with Crippen LogP contribution in [-0.4, -0.2) is 27.6 Å². The van der Waals surface area contributed by atoms with Gasteiger partial charge in [-0.25, -0.2) is 18.7 Å². The monoisotopic (exact) mass is 394 g/mol. The van der Waals surface area contributed by atoms with Crippen molar-refractivity contribution < 1.29 is 17.6 Å². The Morgan fingerprint density at radius 2 is 1.68 bits per heavy atom. The minimum absolute atomic E-state index is 0.00987. The fraction of sp³-hybridized carbons (Fsp3) is 0.278. The molecule has 0 bridgehead atoms. The number of pyridine rings is 1. The summed E-state index contributed by atoms with van der Waals surface area (Å²) in [5.41, 5.74) is -2.61. The third-order valence-corrected chi connectivity index (χ3v) is 4.68. The van der Waals surface area contributed by atoms with Gasteiger partial charge in [0.05, 0.1) is 16.6 Å². The van der Waals surface area contributed by atoms with Gasteiger partial charge >= 0.3 is 11.9 Å². The van der Waals surface area contributed by atoms with Crippen LogP contribution in [0.2, 0.25) is 0 Å². The highest BCUT2D eigenvalue weighted by molar-refractivity contribution is 5.78. The summed E-state index contributed by atoms with van der Waals surface area (Å²) >= 11 is 0. The van der Waals surface area contributed by atoms with E-state index in [1.165, 1.54) is 0 Å². The predicted molar refractivity (Wildman–Crippen MR) is 94.4 cm³/mol. The third kappa shape index (κ3) is 3.04. The lowest BCUT2D eigenvalue weighted by Gasteiger charge is -2.18. The second-order valence-electron chi connectivity index (χ2n) is 6.50. The van der Waals surface area contributed by atoms with Crippen molar-refractivity contribution in [1.82, 2.24) is 14.5 Å². The van der Waals surface area contributed by atoms with E-state index in [1.54, 1.807) is 4.90 Å². The van der Waals surface area contributed by atoms with Crippen molar-refractivity contribution in [3.63, 3.8) is 0 Å². The molecule has 146 valence electrons. The number of alkyl halides is 3. The van der Waals surface area contributed by atoms with Crippen LogP contribution in [0.25, 0.3) is 16.7 Å². The summed E-state index contributed by atoms with van der Waals surface area (Å²) in [5.74, 6) is -0.687. The lowest BCUT2D eigenvalue weighted by atomic mass is 10.2. The largest absolute Gasteiger partial charge is 0.416 e. The van der Waals surface area contributed by atoms with Gasteiger partial charge in [0, 0.05) is 13.1 Å². The first-order chi connectivity index (χ1) is 13.3. The number of anilines is 1. The number of aromatic nitrogens is 3. The predicted octanol–water partition coefficient (Wildman–Crippen LogP) is 2.83. The fourth-order valence-electron chi connectivity index (χ4n) is 3.31. The summed E-state index contributed by atoms with van der Waals surface area (Å²) in [7, 11) is 0. The molecular formula is C18H14F4N4O2. The molecule has 2 aromatic heterocycles. The highest BCUT2D eigenvalue weighted by Crippen LogP contribution is 2.30. The number of nitrogens with one attached hydrogen (secondary N) is 1. The van der Waals surface area contributed by atoms with Crippen LogP contribution in [0.4, 0.5) is 23.4 Å². The number of hydrogen-bond acceptors (Lipinski definition) is 4. The topological polar surface area (TPSA) is 71.0 Å². The average Bonchev–Trinajstić information content (AvgIpc) is 3.16. The maximum absolute atomic E-state index is 14.5. The fourth-order valence-corrected chi connectivity index (χ4v) is 3.31. The van der Waals surface area contributed by atoms with Crippen LogP contribution in [0.3, 0.4) is 0 Å². The van der Waals surface area contributed by atoms with Crippen LogP contribution in [0, 0.1) is 5.82 Å². The van der Waals surface area contributed by atoms with E-state index in [9.17, 15) is 27.2 Å². The van der Waals surface area contributed by atoms with Crippen molar-refractivity contribution in [3.05, 3.63) is 62.6 Å². The quantitative estimate of drug-likeness (QED) is 0.679. The van der Waals surface area contributed by atoms with Gasteiger partial charge in [-0.15, -0.1) is 0 Å². The Bertz CT molecular complexity index is 1160. The Morgan fingerprint density at radius 3 is 2.29 bits per heavy atom. The second-order valence-corrected chi connectivity index (χ2v) is 6.50. The Labute approximate surface area is 155 Å². The number of rotatable bonds is 2. The molecule has 0 unspecified atom stereocenters. The molecule has 6 nitrogen and oxygen atoms in total. The lowest BCUT2D eigenvalue weighted by molar-refractivity contribution is -0.137. The lowest BCUT2D eigenvalue weighted by Crippen LogP contribution is -2.31. The summed E-state index contributed by atoms with van der Waals surface area (Å²) in [6.45, 7) is 1.17. The number of halogens is 4. The maximum Gasteiger partial charge on any atom is 0.416 e. The van der Waals surface area contributed by atoms with Crippen LogP contribution in [-0.2, 0) is 6.18 Å². The number of hydrogen-bond donors (Lipinski definition) is 1. The molecule has 0 atom stereocenters. The molecule has 1 aromatic carbocycles. The normalized spacial score (nSPS) is 14.8. The van der Waals surface area contributed by atoms with Gasteiger partial charge in [-0.05, 0) is 43.2 Å². The van der Waals surface area contributed by atoms with Gasteiger partial charge in [0.25, 0.3) is 5.56 Å². The number of benzene rings is 1. The van der Waals surface area contributed by atoms with Gasteiger partial charge in [-0.1, -0.05) is 0 Å². The van der Waals surface area contributed by atoms with E-state index in [0.717, 1.165) is 47.7 Å². The summed E-state index contributed by atoms with van der Waals surface area (Å²) in [5, 5.41) is -0.167. The van der Waals surface area contributed by atoms with Crippen molar-refractivity contribution in [1.29, 1.82) is 0 Å². The van der Waals surface area contributed by atoms with E-state index in [1.807, 2.05) is 0 Å². The average molecular weight is 394 g/mol. The molecule has 0 radical (unpaired) electrons. The van der Waals surface area contributed by atoms with Gasteiger partial charge in [-0.2, -0.15) is 13.2 Å². The van der Waals surface area contributed by atoms with E-state index in [0.29, 0.717) is 13.1 Å². The molecule has 0 amide bonds. The van der Waals surface area contributed by atoms with E-state index >= 15 is 0 Å². The molecule has 10 heteroatoms. The second kappa shape index (κ2) is 6.47. The zero-order valence-corrected chi connectivity index (χ0v) is 14.4. The minimum atomic E-state index is -4.53. The molecule has 1 aliphatic heterocycles. The summed E-state index contributed by atoms with van der Waals surface area (Å²) in [6.07, 6.45) is -2.80. The van der Waals surface area contributed by atoms with E-state index in [-0.39, 0.29) is 22.5 Å². The van der Waals surface area contributed by atoms with Crippen LogP contribution in [0.1, 0.15) is 18.4 Å². The SMILES string of the molecule is O=c1[nH]c(=O)n(-c2ccc(C(F)(F)F)cc2)c2nc(N3CCCC3)c(F)cc12. The Morgan fingerprint density at radius 1 is 1.04 bits per heavy atom. The zero-order valence-electron chi connectivity index (χ0n) is 14.4. The Hall–Kier alpha value is -3.17. The van der Waals surface area contributed by atoms with Gasteiger partial charge in [0.15, 0.2) is 17.3 Å². The molecule has 4 rings (SSSR count). The summed E-state index contributed by atoms with van der Waals surface area (Å²) < 4.78 is 53.9.